The van der Waals surface area contributed by atoms with Crippen LogP contribution in [0.15, 0.2) is 28.7 Å². The Balaban J connectivity index is 2.28. The first kappa shape index (κ1) is 14.1. The van der Waals surface area contributed by atoms with Crippen LogP contribution in [0.25, 0.3) is 11.1 Å². The molecule has 5 heteroatoms. The van der Waals surface area contributed by atoms with E-state index in [2.05, 4.69) is 34.0 Å². The van der Waals surface area contributed by atoms with E-state index in [1.54, 1.807) is 0 Å². The van der Waals surface area contributed by atoms with E-state index in [1.807, 2.05) is 24.3 Å². The minimum atomic E-state index is 0.341. The van der Waals surface area contributed by atoms with Crippen molar-refractivity contribution in [3.63, 3.8) is 0 Å². The van der Waals surface area contributed by atoms with Gasteiger partial charge in [0.25, 0.3) is 0 Å². The number of benzene rings is 1. The molecule has 4 nitrogen and oxygen atoms in total. The zero-order valence-corrected chi connectivity index (χ0v) is 13.4. The molecule has 2 heterocycles. The lowest BCUT2D eigenvalue weighted by Crippen LogP contribution is -3.08. The van der Waals surface area contributed by atoms with E-state index < -0.39 is 0 Å². The molecule has 0 saturated heterocycles. The van der Waals surface area contributed by atoms with Gasteiger partial charge >= 0.3 is 0 Å². The van der Waals surface area contributed by atoms with Crippen LogP contribution in [0.4, 0.5) is 5.82 Å². The Kier molecular flexibility index (Phi) is 3.66. The van der Waals surface area contributed by atoms with Crippen molar-refractivity contribution in [2.24, 2.45) is 0 Å². The average molecular weight is 344 g/mol. The molecule has 21 heavy (non-hydrogen) atoms. The van der Waals surface area contributed by atoms with Crippen LogP contribution in [0.5, 0.6) is 0 Å². The predicted molar refractivity (Wildman–Crippen MR) is 85.7 cm³/mol. The average Bonchev–Trinajstić information content (AvgIpc) is 2.47. The number of nitrogen functional groups attached to an aromatic ring is 1. The molecule has 1 aromatic heterocycles. The largest absolute Gasteiger partial charge is 0.383 e. The molecule has 0 saturated carbocycles. The second-order valence-electron chi connectivity index (χ2n) is 5.42. The van der Waals surface area contributed by atoms with Gasteiger partial charge in [0.1, 0.15) is 24.0 Å². The summed E-state index contributed by atoms with van der Waals surface area (Å²) >= 11 is 3.45. The van der Waals surface area contributed by atoms with Gasteiger partial charge in [-0.3, -0.25) is 0 Å². The Morgan fingerprint density at radius 3 is 2.71 bits per heavy atom. The van der Waals surface area contributed by atoms with Crippen LogP contribution in [-0.4, -0.2) is 18.6 Å². The van der Waals surface area contributed by atoms with Crippen molar-refractivity contribution in [3.05, 3.63) is 45.6 Å². The molecule has 1 aliphatic rings. The van der Waals surface area contributed by atoms with Gasteiger partial charge in [-0.05, 0) is 17.7 Å². The van der Waals surface area contributed by atoms with Crippen molar-refractivity contribution < 1.29 is 4.90 Å². The molecule has 0 amide bonds. The molecule has 1 unspecified atom stereocenters. The highest BCUT2D eigenvalue weighted by Crippen LogP contribution is 2.33. The number of anilines is 1. The third kappa shape index (κ3) is 2.53. The second kappa shape index (κ2) is 5.47. The number of pyridine rings is 1. The number of rotatable bonds is 1. The number of nitrogens with one attached hydrogen (secondary N) is 1. The van der Waals surface area contributed by atoms with Gasteiger partial charge < -0.3 is 10.6 Å². The molecule has 1 atom stereocenters. The van der Waals surface area contributed by atoms with E-state index >= 15 is 0 Å². The van der Waals surface area contributed by atoms with Gasteiger partial charge in [-0.1, -0.05) is 28.1 Å². The van der Waals surface area contributed by atoms with Gasteiger partial charge in [0.15, 0.2) is 0 Å². The lowest BCUT2D eigenvalue weighted by molar-refractivity contribution is -0.895. The number of halogens is 1. The fraction of sp³-hybridized carbons (Fsp3) is 0.250. The Morgan fingerprint density at radius 2 is 2.05 bits per heavy atom. The van der Waals surface area contributed by atoms with Crippen LogP contribution in [0.2, 0.25) is 0 Å². The zero-order chi connectivity index (χ0) is 15.0. The van der Waals surface area contributed by atoms with Crippen molar-refractivity contribution in [1.82, 2.24) is 4.98 Å². The van der Waals surface area contributed by atoms with Crippen LogP contribution < -0.4 is 10.6 Å². The van der Waals surface area contributed by atoms with E-state index in [4.69, 9.17) is 5.73 Å². The third-order valence-electron chi connectivity index (χ3n) is 3.92. The van der Waals surface area contributed by atoms with Gasteiger partial charge in [-0.2, -0.15) is 5.26 Å². The summed E-state index contributed by atoms with van der Waals surface area (Å²) in [6.45, 7) is 1.92. The van der Waals surface area contributed by atoms with Crippen LogP contribution in [0.1, 0.15) is 16.8 Å². The first-order valence-electron chi connectivity index (χ1n) is 6.88. The van der Waals surface area contributed by atoms with Crippen molar-refractivity contribution >= 4 is 21.7 Å². The molecular weight excluding hydrogens is 328 g/mol. The number of likely N-dealkylation sites (N-methyl/N-ethyl adjacent to an activating group) is 1. The Bertz CT molecular complexity index is 731. The van der Waals surface area contributed by atoms with E-state index in [0.29, 0.717) is 11.4 Å². The maximum Gasteiger partial charge on any atom is 0.142 e. The summed E-state index contributed by atoms with van der Waals surface area (Å²) < 4.78 is 1.02. The number of fused-ring (bicyclic) bond motifs is 1. The van der Waals surface area contributed by atoms with Crippen LogP contribution in [0, 0.1) is 11.3 Å². The normalized spacial score (nSPS) is 17.1. The van der Waals surface area contributed by atoms with Crippen molar-refractivity contribution in [3.8, 4) is 17.2 Å². The van der Waals surface area contributed by atoms with E-state index in [0.717, 1.165) is 46.4 Å². The van der Waals surface area contributed by atoms with Gasteiger partial charge in [-0.25, -0.2) is 4.98 Å². The van der Waals surface area contributed by atoms with Crippen LogP contribution in [-0.2, 0) is 13.0 Å². The maximum absolute atomic E-state index is 9.50. The van der Waals surface area contributed by atoms with Crippen LogP contribution in [0.3, 0.4) is 0 Å². The standard InChI is InChI=1S/C16H15BrN4/c1-21-7-6-14-13(9-21)15(12(8-18)16(19)20-14)10-2-4-11(17)5-3-10/h2-5H,6-7,9H2,1H3,(H2,19,20)/p+1. The summed E-state index contributed by atoms with van der Waals surface area (Å²) in [6.07, 6.45) is 0.903. The molecule has 0 spiro atoms. The first-order chi connectivity index (χ1) is 10.1. The van der Waals surface area contributed by atoms with Gasteiger partial charge in [0.05, 0.1) is 19.3 Å². The molecule has 0 aliphatic carbocycles. The highest BCUT2D eigenvalue weighted by atomic mass is 79.9. The van der Waals surface area contributed by atoms with E-state index in [1.165, 1.54) is 4.90 Å². The molecule has 0 radical (unpaired) electrons. The lowest BCUT2D eigenvalue weighted by Gasteiger charge is -2.25. The van der Waals surface area contributed by atoms with Gasteiger partial charge in [0, 0.05) is 22.0 Å². The Hall–Kier alpha value is -1.90. The summed E-state index contributed by atoms with van der Waals surface area (Å²) in [4.78, 5) is 5.88. The Morgan fingerprint density at radius 1 is 1.33 bits per heavy atom. The number of aromatic nitrogens is 1. The molecule has 1 aromatic carbocycles. The lowest BCUT2D eigenvalue weighted by atomic mass is 9.91. The molecule has 1 aliphatic heterocycles. The number of hydrogen-bond donors (Lipinski definition) is 2. The van der Waals surface area contributed by atoms with Crippen LogP contribution >= 0.6 is 15.9 Å². The monoisotopic (exact) mass is 343 g/mol. The number of quaternary nitrogens is 1. The SMILES string of the molecule is C[NH+]1CCc2nc(N)c(C#N)c(-c3ccc(Br)cc3)c2C1. The summed E-state index contributed by atoms with van der Waals surface area (Å²) in [5, 5.41) is 9.50. The highest BCUT2D eigenvalue weighted by molar-refractivity contribution is 9.10. The number of nitriles is 1. The van der Waals surface area contributed by atoms with E-state index in [-0.39, 0.29) is 0 Å². The first-order valence-corrected chi connectivity index (χ1v) is 7.68. The third-order valence-corrected chi connectivity index (χ3v) is 4.45. The topological polar surface area (TPSA) is 67.1 Å². The molecule has 2 aromatic rings. The second-order valence-corrected chi connectivity index (χ2v) is 6.34. The molecule has 0 fully saturated rings. The molecular formula is C16H16BrN4+. The van der Waals surface area contributed by atoms with Gasteiger partial charge in [0.2, 0.25) is 0 Å². The summed E-state index contributed by atoms with van der Waals surface area (Å²) in [5.41, 5.74) is 10.7. The predicted octanol–water partition coefficient (Wildman–Crippen LogP) is 1.54. The fourth-order valence-electron chi connectivity index (χ4n) is 2.86. The number of hydrogen-bond acceptors (Lipinski definition) is 3. The summed E-state index contributed by atoms with van der Waals surface area (Å²) in [7, 11) is 2.16. The summed E-state index contributed by atoms with van der Waals surface area (Å²) in [6, 6.07) is 10.2. The zero-order valence-electron chi connectivity index (χ0n) is 11.8. The molecule has 0 bridgehead atoms. The molecule has 3 rings (SSSR count). The van der Waals surface area contributed by atoms with Crippen molar-refractivity contribution in [2.45, 2.75) is 13.0 Å². The number of nitrogens with zero attached hydrogens (tertiary/aromatic N) is 2. The number of nitrogens with two attached hydrogens (primary N) is 1. The molecule has 106 valence electrons. The van der Waals surface area contributed by atoms with Gasteiger partial charge in [-0.15, -0.1) is 0 Å². The highest BCUT2D eigenvalue weighted by Gasteiger charge is 2.25. The van der Waals surface area contributed by atoms with Crippen molar-refractivity contribution in [1.29, 1.82) is 5.26 Å². The van der Waals surface area contributed by atoms with Crippen molar-refractivity contribution in [2.75, 3.05) is 19.3 Å². The maximum atomic E-state index is 9.50. The van der Waals surface area contributed by atoms with E-state index in [9.17, 15) is 5.26 Å². The fourth-order valence-corrected chi connectivity index (χ4v) is 3.12. The minimum absolute atomic E-state index is 0.341. The quantitative estimate of drug-likeness (QED) is 0.825. The smallest absolute Gasteiger partial charge is 0.142 e. The summed E-state index contributed by atoms with van der Waals surface area (Å²) in [5.74, 6) is 0.341. The Labute approximate surface area is 132 Å². The molecule has 3 N–H and O–H groups in total. The minimum Gasteiger partial charge on any atom is -0.383 e.